The maximum atomic E-state index is 12.3. The fraction of sp³-hybridized carbons (Fsp3) is 0.111. The van der Waals surface area contributed by atoms with Gasteiger partial charge in [-0.05, 0) is 49.4 Å². The second kappa shape index (κ2) is 9.00. The number of hydrogen-bond donors (Lipinski definition) is 2. The Labute approximate surface area is 181 Å². The standard InChI is InChI=1S/C18H15Cl2N3O4S2/c1-11(27-16-7-2-12(19)10-15(16)20)17(24)22-13-3-5-14(6-4-13)29(25,26)23-18-21-8-9-28-18/h2-11H,1H3,(H,21,23)(H,22,24)/t11-/m0/s1. The van der Waals surface area contributed by atoms with Crippen LogP contribution in [0.4, 0.5) is 10.8 Å². The van der Waals surface area contributed by atoms with Crippen molar-refractivity contribution < 1.29 is 17.9 Å². The van der Waals surface area contributed by atoms with Gasteiger partial charge < -0.3 is 10.1 Å². The molecule has 0 saturated heterocycles. The van der Waals surface area contributed by atoms with Crippen LogP contribution in [-0.4, -0.2) is 25.4 Å². The predicted octanol–water partition coefficient (Wildman–Crippen LogP) is 4.66. The Kier molecular flexibility index (Phi) is 6.63. The number of carbonyl (C=O) groups excluding carboxylic acids is 1. The zero-order chi connectivity index (χ0) is 21.0. The molecule has 152 valence electrons. The smallest absolute Gasteiger partial charge is 0.265 e. The Bertz CT molecular complexity index is 1100. The third-order valence-electron chi connectivity index (χ3n) is 3.65. The van der Waals surface area contributed by atoms with E-state index in [9.17, 15) is 13.2 Å². The molecule has 1 amide bonds. The summed E-state index contributed by atoms with van der Waals surface area (Å²) in [7, 11) is -3.76. The van der Waals surface area contributed by atoms with Crippen LogP contribution in [-0.2, 0) is 14.8 Å². The number of sulfonamides is 1. The number of nitrogens with zero attached hydrogens (tertiary/aromatic N) is 1. The van der Waals surface area contributed by atoms with Gasteiger partial charge in [-0.25, -0.2) is 13.4 Å². The number of anilines is 2. The van der Waals surface area contributed by atoms with E-state index in [1.807, 2.05) is 0 Å². The van der Waals surface area contributed by atoms with Gasteiger partial charge >= 0.3 is 0 Å². The van der Waals surface area contributed by atoms with Crippen LogP contribution in [0.15, 0.2) is 58.9 Å². The largest absolute Gasteiger partial charge is 0.479 e. The molecule has 0 spiro atoms. The summed E-state index contributed by atoms with van der Waals surface area (Å²) in [5.74, 6) is -0.0963. The fourth-order valence-electron chi connectivity index (χ4n) is 2.22. The van der Waals surface area contributed by atoms with E-state index in [4.69, 9.17) is 27.9 Å². The molecule has 1 atom stereocenters. The highest BCUT2D eigenvalue weighted by Gasteiger charge is 2.18. The van der Waals surface area contributed by atoms with Crippen molar-refractivity contribution >= 4 is 61.3 Å². The van der Waals surface area contributed by atoms with Crippen LogP contribution >= 0.6 is 34.5 Å². The van der Waals surface area contributed by atoms with Crippen LogP contribution in [0.3, 0.4) is 0 Å². The third-order valence-corrected chi connectivity index (χ3v) is 6.36. The van der Waals surface area contributed by atoms with Crippen LogP contribution in [0.25, 0.3) is 0 Å². The van der Waals surface area contributed by atoms with Gasteiger partial charge in [-0.15, -0.1) is 11.3 Å². The number of ether oxygens (including phenoxy) is 1. The number of nitrogens with one attached hydrogen (secondary N) is 2. The summed E-state index contributed by atoms with van der Waals surface area (Å²) in [6.07, 6.45) is 0.658. The van der Waals surface area contributed by atoms with Crippen molar-refractivity contribution in [1.82, 2.24) is 4.98 Å². The first-order chi connectivity index (χ1) is 13.7. The lowest BCUT2D eigenvalue weighted by molar-refractivity contribution is -0.122. The van der Waals surface area contributed by atoms with Crippen LogP contribution in [0.5, 0.6) is 5.75 Å². The molecule has 0 aliphatic carbocycles. The van der Waals surface area contributed by atoms with E-state index in [1.54, 1.807) is 24.4 Å². The van der Waals surface area contributed by atoms with Crippen LogP contribution < -0.4 is 14.8 Å². The predicted molar refractivity (Wildman–Crippen MR) is 115 cm³/mol. The van der Waals surface area contributed by atoms with Crippen molar-refractivity contribution in [3.8, 4) is 5.75 Å². The molecule has 1 aromatic heterocycles. The zero-order valence-corrected chi connectivity index (χ0v) is 18.1. The molecule has 0 aliphatic rings. The number of carbonyl (C=O) groups is 1. The van der Waals surface area contributed by atoms with Crippen molar-refractivity contribution in [3.05, 3.63) is 64.1 Å². The number of amides is 1. The highest BCUT2D eigenvalue weighted by molar-refractivity contribution is 7.93. The first-order valence-electron chi connectivity index (χ1n) is 8.19. The van der Waals surface area contributed by atoms with Crippen molar-refractivity contribution in [1.29, 1.82) is 0 Å². The second-order valence-corrected chi connectivity index (χ2v) is 9.21. The maximum Gasteiger partial charge on any atom is 0.265 e. The minimum absolute atomic E-state index is 0.0444. The molecular weight excluding hydrogens is 457 g/mol. The Morgan fingerprint density at radius 1 is 1.17 bits per heavy atom. The van der Waals surface area contributed by atoms with E-state index in [1.165, 1.54) is 47.9 Å². The second-order valence-electron chi connectivity index (χ2n) is 5.79. The van der Waals surface area contributed by atoms with Crippen molar-refractivity contribution in [2.75, 3.05) is 10.0 Å². The normalized spacial score (nSPS) is 12.2. The summed E-state index contributed by atoms with van der Waals surface area (Å²) in [4.78, 5) is 16.3. The van der Waals surface area contributed by atoms with E-state index >= 15 is 0 Å². The van der Waals surface area contributed by atoms with Crippen molar-refractivity contribution in [2.24, 2.45) is 0 Å². The molecule has 29 heavy (non-hydrogen) atoms. The molecule has 3 aromatic rings. The minimum atomic E-state index is -3.76. The number of aromatic nitrogens is 1. The Morgan fingerprint density at radius 3 is 2.52 bits per heavy atom. The molecule has 0 fully saturated rings. The molecule has 11 heteroatoms. The van der Waals surface area contributed by atoms with Crippen LogP contribution in [0.1, 0.15) is 6.92 Å². The zero-order valence-electron chi connectivity index (χ0n) is 14.9. The molecule has 2 aromatic carbocycles. The van der Waals surface area contributed by atoms with Gasteiger partial charge in [-0.2, -0.15) is 0 Å². The summed E-state index contributed by atoms with van der Waals surface area (Å²) >= 11 is 13.1. The van der Waals surface area contributed by atoms with Crippen molar-refractivity contribution in [2.45, 2.75) is 17.9 Å². The van der Waals surface area contributed by atoms with E-state index < -0.39 is 22.0 Å². The summed E-state index contributed by atoms with van der Waals surface area (Å²) in [6.45, 7) is 1.57. The lowest BCUT2D eigenvalue weighted by Crippen LogP contribution is -2.30. The van der Waals surface area contributed by atoms with Gasteiger partial charge in [0.05, 0.1) is 9.92 Å². The number of hydrogen-bond acceptors (Lipinski definition) is 6. The van der Waals surface area contributed by atoms with E-state index in [0.717, 1.165) is 0 Å². The first kappa shape index (κ1) is 21.4. The van der Waals surface area contributed by atoms with Gasteiger partial charge in [0.25, 0.3) is 15.9 Å². The summed E-state index contributed by atoms with van der Waals surface area (Å²) < 4.78 is 32.6. The average molecular weight is 472 g/mol. The first-order valence-corrected chi connectivity index (χ1v) is 11.3. The van der Waals surface area contributed by atoms with Gasteiger partial charge in [0.1, 0.15) is 5.75 Å². The number of benzene rings is 2. The van der Waals surface area contributed by atoms with Gasteiger partial charge in [-0.1, -0.05) is 23.2 Å². The third kappa shape index (κ3) is 5.60. The Morgan fingerprint density at radius 2 is 1.90 bits per heavy atom. The monoisotopic (exact) mass is 471 g/mol. The highest BCUT2D eigenvalue weighted by atomic mass is 35.5. The number of rotatable bonds is 7. The number of thiazole rings is 1. The van der Waals surface area contributed by atoms with Crippen molar-refractivity contribution in [3.63, 3.8) is 0 Å². The molecule has 3 rings (SSSR count). The molecule has 0 bridgehead atoms. The van der Waals surface area contributed by atoms with Gasteiger partial charge in [0, 0.05) is 22.3 Å². The molecule has 2 N–H and O–H groups in total. The molecular formula is C18H15Cl2N3O4S2. The highest BCUT2D eigenvalue weighted by Crippen LogP contribution is 2.28. The fourth-order valence-corrected chi connectivity index (χ4v) is 4.47. The van der Waals surface area contributed by atoms with Gasteiger partial charge in [0.15, 0.2) is 11.2 Å². The van der Waals surface area contributed by atoms with Gasteiger partial charge in [-0.3, -0.25) is 9.52 Å². The lowest BCUT2D eigenvalue weighted by atomic mass is 10.3. The summed E-state index contributed by atoms with van der Waals surface area (Å²) in [6, 6.07) is 10.4. The lowest BCUT2D eigenvalue weighted by Gasteiger charge is -2.16. The molecule has 0 saturated carbocycles. The maximum absolute atomic E-state index is 12.3. The van der Waals surface area contributed by atoms with Gasteiger partial charge in [0.2, 0.25) is 0 Å². The topological polar surface area (TPSA) is 97.4 Å². The Balaban J connectivity index is 1.63. The van der Waals surface area contributed by atoms with E-state index in [2.05, 4.69) is 15.0 Å². The van der Waals surface area contributed by atoms with E-state index in [0.29, 0.717) is 21.5 Å². The molecule has 1 heterocycles. The average Bonchev–Trinajstić information content (AvgIpc) is 3.16. The SMILES string of the molecule is C[C@H](Oc1ccc(Cl)cc1Cl)C(=O)Nc1ccc(S(=O)(=O)Nc2nccs2)cc1. The van der Waals surface area contributed by atoms with Crippen LogP contribution in [0.2, 0.25) is 10.0 Å². The number of halogens is 2. The molecule has 7 nitrogen and oxygen atoms in total. The molecule has 0 radical (unpaired) electrons. The molecule has 0 unspecified atom stereocenters. The minimum Gasteiger partial charge on any atom is -0.479 e. The molecule has 0 aliphatic heterocycles. The van der Waals surface area contributed by atoms with E-state index in [-0.39, 0.29) is 10.0 Å². The quantitative estimate of drug-likeness (QED) is 0.522. The summed E-state index contributed by atoms with van der Waals surface area (Å²) in [5.41, 5.74) is 0.417. The Hall–Kier alpha value is -2.33. The summed E-state index contributed by atoms with van der Waals surface area (Å²) in [5, 5.41) is 5.34. The van der Waals surface area contributed by atoms with Crippen LogP contribution in [0, 0.1) is 0 Å².